The molecule has 0 radical (unpaired) electrons. The van der Waals surface area contributed by atoms with Crippen molar-refractivity contribution in [3.8, 4) is 11.1 Å². The first-order valence-corrected chi connectivity index (χ1v) is 16.9. The normalized spacial score (nSPS) is 17.6. The fraction of sp³-hybridized carbons (Fsp3) is 0.424. The molecule has 1 saturated carbocycles. The zero-order chi connectivity index (χ0) is 31.3. The maximum Gasteiger partial charge on any atom is 0.298 e. The smallest absolute Gasteiger partial charge is 0.298 e. The number of benzene rings is 3. The number of piperidine rings is 1. The molecule has 11 heteroatoms. The van der Waals surface area contributed by atoms with E-state index in [-0.39, 0.29) is 30.1 Å². The Morgan fingerprint density at radius 2 is 1.50 bits per heavy atom. The molecule has 2 aliphatic rings. The lowest BCUT2D eigenvalue weighted by atomic mass is 9.96. The minimum absolute atomic E-state index is 0.141. The second-order valence-electron chi connectivity index (χ2n) is 11.6. The van der Waals surface area contributed by atoms with Crippen molar-refractivity contribution in [2.45, 2.75) is 74.0 Å². The summed E-state index contributed by atoms with van der Waals surface area (Å²) in [6, 6.07) is 15.9. The number of amides is 1. The number of nitrogens with zero attached hydrogens (tertiary/aromatic N) is 1. The van der Waals surface area contributed by atoms with E-state index in [9.17, 15) is 13.2 Å². The van der Waals surface area contributed by atoms with Gasteiger partial charge in [0.05, 0.1) is 17.6 Å². The van der Waals surface area contributed by atoms with E-state index in [0.29, 0.717) is 36.5 Å². The molecule has 0 unspecified atom stereocenters. The number of carbonyl (C=O) groups excluding carboxylic acids is 1. The summed E-state index contributed by atoms with van der Waals surface area (Å²) in [6.45, 7) is 0.858. The van der Waals surface area contributed by atoms with E-state index in [2.05, 4.69) is 4.72 Å². The molecule has 0 aromatic heterocycles. The van der Waals surface area contributed by atoms with Gasteiger partial charge in [0.2, 0.25) is 15.9 Å². The Hall–Kier alpha value is -2.89. The summed E-state index contributed by atoms with van der Waals surface area (Å²) in [4.78, 5) is 14.6. The van der Waals surface area contributed by atoms with Gasteiger partial charge >= 0.3 is 0 Å². The Morgan fingerprint density at radius 3 is 2.09 bits per heavy atom. The number of hydrogen-bond donors (Lipinski definition) is 2. The highest BCUT2D eigenvalue weighted by Gasteiger charge is 2.50. The fourth-order valence-corrected chi connectivity index (χ4v) is 7.05. The third-order valence-corrected chi connectivity index (χ3v) is 10.2. The zero-order valence-corrected chi connectivity index (χ0v) is 26.0. The van der Waals surface area contributed by atoms with Crippen LogP contribution in [0, 0.1) is 0 Å². The lowest BCUT2D eigenvalue weighted by Gasteiger charge is -2.35. The lowest BCUT2D eigenvalue weighted by Crippen LogP contribution is -2.57. The van der Waals surface area contributed by atoms with E-state index >= 15 is 8.78 Å². The van der Waals surface area contributed by atoms with Gasteiger partial charge in [0.15, 0.2) is 6.04 Å². The summed E-state index contributed by atoms with van der Waals surface area (Å²) < 4.78 is 67.3. The molecule has 1 atom stereocenters. The van der Waals surface area contributed by atoms with Gasteiger partial charge in [-0.3, -0.25) is 4.79 Å². The summed E-state index contributed by atoms with van der Waals surface area (Å²) in [5, 5.41) is 0.548. The van der Waals surface area contributed by atoms with Gasteiger partial charge in [-0.25, -0.2) is 8.42 Å². The number of alkyl halides is 2. The van der Waals surface area contributed by atoms with Gasteiger partial charge in [-0.05, 0) is 73.1 Å². The summed E-state index contributed by atoms with van der Waals surface area (Å²) in [5.74, 6) is -4.85. The van der Waals surface area contributed by atoms with E-state index in [1.807, 2.05) is 0 Å². The number of nitrogens with two attached hydrogens (primary N) is 1. The zero-order valence-electron chi connectivity index (χ0n) is 24.4. The third-order valence-electron chi connectivity index (χ3n) is 8.46. The molecule has 3 aromatic rings. The van der Waals surface area contributed by atoms with Crippen LogP contribution in [0.2, 0.25) is 5.02 Å². The summed E-state index contributed by atoms with van der Waals surface area (Å²) in [7, 11) is -4.50. The number of sulfonamides is 1. The van der Waals surface area contributed by atoms with Crippen LogP contribution in [0.15, 0.2) is 77.7 Å². The maximum atomic E-state index is 16.2. The van der Waals surface area contributed by atoms with E-state index < -0.39 is 33.5 Å². The molecule has 0 spiro atoms. The summed E-state index contributed by atoms with van der Waals surface area (Å²) in [5.41, 5.74) is 7.79. The third kappa shape index (κ3) is 7.84. The van der Waals surface area contributed by atoms with Crippen molar-refractivity contribution in [3.63, 3.8) is 0 Å². The molecule has 44 heavy (non-hydrogen) atoms. The van der Waals surface area contributed by atoms with Crippen LogP contribution >= 0.6 is 11.6 Å². The van der Waals surface area contributed by atoms with E-state index in [1.165, 1.54) is 54.1 Å². The SMILES string of the molecule is NC1CCN(C(=O)[C@H](NS(=O)(=O)c2ccc(CCOC3CCCC3)cc2)C(F)(F)c2ccc(-c3ccc(Cl)cc3)cc2)CC1. The van der Waals surface area contributed by atoms with Gasteiger partial charge in [-0.2, -0.15) is 13.5 Å². The van der Waals surface area contributed by atoms with Crippen LogP contribution < -0.4 is 10.5 Å². The first-order valence-electron chi connectivity index (χ1n) is 15.0. The van der Waals surface area contributed by atoms with Crippen molar-refractivity contribution in [2.75, 3.05) is 19.7 Å². The highest BCUT2D eigenvalue weighted by molar-refractivity contribution is 7.89. The van der Waals surface area contributed by atoms with Crippen molar-refractivity contribution >= 4 is 27.5 Å². The average molecular weight is 646 g/mol. The van der Waals surface area contributed by atoms with Gasteiger partial charge in [0.1, 0.15) is 0 Å². The van der Waals surface area contributed by atoms with E-state index in [1.54, 1.807) is 36.4 Å². The summed E-state index contributed by atoms with van der Waals surface area (Å²) in [6.07, 6.45) is 6.23. The number of likely N-dealkylation sites (tertiary alicyclic amines) is 1. The summed E-state index contributed by atoms with van der Waals surface area (Å²) >= 11 is 5.96. The molecule has 1 aliphatic carbocycles. The molecule has 3 aromatic carbocycles. The van der Waals surface area contributed by atoms with Gasteiger partial charge in [0.25, 0.3) is 5.92 Å². The van der Waals surface area contributed by atoms with Crippen LogP contribution in [-0.2, 0) is 31.9 Å². The number of halogens is 3. The van der Waals surface area contributed by atoms with Crippen LogP contribution in [0.25, 0.3) is 11.1 Å². The van der Waals surface area contributed by atoms with Crippen LogP contribution in [0.3, 0.4) is 0 Å². The van der Waals surface area contributed by atoms with E-state index in [4.69, 9.17) is 22.1 Å². The Morgan fingerprint density at radius 1 is 0.932 bits per heavy atom. The molecular weight excluding hydrogens is 608 g/mol. The minimum atomic E-state index is -4.50. The number of hydrogen-bond acceptors (Lipinski definition) is 5. The number of ether oxygens (including phenoxy) is 1. The number of rotatable bonds is 11. The predicted molar refractivity (Wildman–Crippen MR) is 167 cm³/mol. The van der Waals surface area contributed by atoms with Gasteiger partial charge in [0, 0.05) is 29.7 Å². The van der Waals surface area contributed by atoms with Crippen molar-refractivity contribution in [2.24, 2.45) is 5.73 Å². The quantitative estimate of drug-likeness (QED) is 0.271. The largest absolute Gasteiger partial charge is 0.378 e. The molecule has 1 amide bonds. The second-order valence-corrected chi connectivity index (χ2v) is 13.7. The molecule has 1 heterocycles. The van der Waals surface area contributed by atoms with Gasteiger partial charge in [-0.1, -0.05) is 73.0 Å². The van der Waals surface area contributed by atoms with Crippen LogP contribution in [0.1, 0.15) is 49.7 Å². The van der Waals surface area contributed by atoms with Crippen LogP contribution in [-0.4, -0.2) is 57.1 Å². The Balaban J connectivity index is 1.36. The Kier molecular flexibility index (Phi) is 10.4. The van der Waals surface area contributed by atoms with Gasteiger partial charge in [-0.15, -0.1) is 0 Å². The molecule has 1 saturated heterocycles. The highest BCUT2D eigenvalue weighted by atomic mass is 35.5. The molecule has 5 rings (SSSR count). The Bertz CT molecular complexity index is 1510. The van der Waals surface area contributed by atoms with Crippen molar-refractivity contribution in [1.82, 2.24) is 9.62 Å². The maximum absolute atomic E-state index is 16.2. The first kappa shape index (κ1) is 32.5. The minimum Gasteiger partial charge on any atom is -0.378 e. The van der Waals surface area contributed by atoms with Crippen LogP contribution in [0.4, 0.5) is 8.78 Å². The number of nitrogens with one attached hydrogen (secondary N) is 1. The molecule has 2 fully saturated rings. The second kappa shape index (κ2) is 14.0. The lowest BCUT2D eigenvalue weighted by molar-refractivity contribution is -0.145. The molecule has 236 valence electrons. The number of carbonyl (C=O) groups is 1. The standard InChI is InChI=1S/C33H38ClF2N3O4S/c34-27-13-9-25(10-14-27)24-7-11-26(12-8-24)33(35,36)31(32(40)39-20-17-28(37)18-21-39)38-44(41,42)30-15-5-23(6-16-30)19-22-43-29-3-1-2-4-29/h5-16,28-29,31,38H,1-4,17-22,37H2/t31-/m0/s1. The molecular formula is C33H38ClF2N3O4S. The molecule has 1 aliphatic heterocycles. The topological polar surface area (TPSA) is 102 Å². The molecule has 3 N–H and O–H groups in total. The highest BCUT2D eigenvalue weighted by Crippen LogP contribution is 2.36. The predicted octanol–water partition coefficient (Wildman–Crippen LogP) is 5.90. The van der Waals surface area contributed by atoms with Crippen molar-refractivity contribution in [1.29, 1.82) is 0 Å². The molecule has 0 bridgehead atoms. The average Bonchev–Trinajstić information content (AvgIpc) is 3.54. The van der Waals surface area contributed by atoms with Crippen molar-refractivity contribution in [3.05, 3.63) is 88.9 Å². The van der Waals surface area contributed by atoms with Crippen LogP contribution in [0.5, 0.6) is 0 Å². The molecule has 7 nitrogen and oxygen atoms in total. The monoisotopic (exact) mass is 645 g/mol. The first-order chi connectivity index (χ1) is 21.0. The van der Waals surface area contributed by atoms with Gasteiger partial charge < -0.3 is 15.4 Å². The van der Waals surface area contributed by atoms with Crippen molar-refractivity contribution < 1.29 is 26.7 Å². The van der Waals surface area contributed by atoms with E-state index in [0.717, 1.165) is 24.0 Å². The Labute approximate surface area is 262 Å². The fourth-order valence-electron chi connectivity index (χ4n) is 5.73.